The number of nitrogens with zero attached hydrogens (tertiary/aromatic N) is 2. The molecule has 7 rings (SSSR count). The SMILES string of the molecule is O=C([O-])CCN1C(=O)c2ccc3c4ccc5c6c(ccc(c7ccc(c2c37)C1=O)c64)C(=O)N(CCC(=O)[O-])C5=O.[K+].[K+]. The molecule has 0 N–H and O–H groups in total. The summed E-state index contributed by atoms with van der Waals surface area (Å²) in [4.78, 5) is 77.0. The smallest absolute Gasteiger partial charge is 0.550 e. The first kappa shape index (κ1) is 31.3. The summed E-state index contributed by atoms with van der Waals surface area (Å²) in [5, 5.41) is 27.1. The monoisotopic (exact) mass is 610 g/mol. The van der Waals surface area contributed by atoms with Gasteiger partial charge in [0.15, 0.2) is 0 Å². The number of hydrogen-bond donors (Lipinski definition) is 0. The van der Waals surface area contributed by atoms with Crippen LogP contribution in [0.3, 0.4) is 0 Å². The van der Waals surface area contributed by atoms with Crippen molar-refractivity contribution >= 4 is 78.7 Å². The van der Waals surface area contributed by atoms with Crippen molar-refractivity contribution in [3.8, 4) is 0 Å². The van der Waals surface area contributed by atoms with E-state index in [9.17, 15) is 39.0 Å². The van der Waals surface area contributed by atoms with E-state index in [0.717, 1.165) is 31.3 Å². The van der Waals surface area contributed by atoms with Crippen molar-refractivity contribution in [2.75, 3.05) is 13.1 Å². The van der Waals surface area contributed by atoms with Crippen LogP contribution in [0.25, 0.3) is 43.1 Å². The quantitative estimate of drug-likeness (QED) is 0.0804. The molecule has 5 aromatic rings. The van der Waals surface area contributed by atoms with Gasteiger partial charge in [-0.05, 0) is 56.6 Å². The van der Waals surface area contributed by atoms with Crippen molar-refractivity contribution in [2.45, 2.75) is 12.8 Å². The van der Waals surface area contributed by atoms with Crippen LogP contribution in [0.4, 0.5) is 0 Å². The van der Waals surface area contributed by atoms with E-state index in [4.69, 9.17) is 0 Å². The minimum atomic E-state index is -1.37. The summed E-state index contributed by atoms with van der Waals surface area (Å²) in [6.45, 7) is -0.611. The fraction of sp³-hybridized carbons (Fsp3) is 0.133. The molecule has 2 aliphatic heterocycles. The molecular weight excluding hydrogens is 595 g/mol. The normalized spacial score (nSPS) is 14.2. The Balaban J connectivity index is 0.00000176. The minimum absolute atomic E-state index is 0. The summed E-state index contributed by atoms with van der Waals surface area (Å²) in [6.07, 6.45) is -0.956. The van der Waals surface area contributed by atoms with Gasteiger partial charge in [-0.3, -0.25) is 29.0 Å². The molecule has 0 fully saturated rings. The molecule has 5 aromatic carbocycles. The second kappa shape index (κ2) is 11.4. The predicted molar refractivity (Wildman–Crippen MR) is 138 cm³/mol. The standard InChI is InChI=1S/C30H18N2O8.2K/c33-21(34)9-11-31-27(37)17-5-1-13-14-2-6-19-26-20(30(40)32(29(19)39)12-10-22(35)36)8-4-16(24(14)26)15-3-7-18(28(31)38)25(17)23(13)15;;/h1-8H,9-12H2,(H,33,34)(H,35,36);;/q;2*+1/p-2. The largest absolute Gasteiger partial charge is 1.00 e. The average Bonchev–Trinajstić information content (AvgIpc) is 2.93. The third-order valence-electron chi connectivity index (χ3n) is 7.88. The van der Waals surface area contributed by atoms with Crippen LogP contribution in [0.2, 0.25) is 0 Å². The number of hydrogen-bond acceptors (Lipinski definition) is 8. The van der Waals surface area contributed by atoms with Crippen molar-refractivity contribution in [2.24, 2.45) is 0 Å². The number of aliphatic carboxylic acids is 2. The molecule has 0 radical (unpaired) electrons. The maximum Gasteiger partial charge on any atom is 1.00 e. The van der Waals surface area contributed by atoms with Gasteiger partial charge in [0.25, 0.3) is 23.6 Å². The Morgan fingerprint density at radius 3 is 0.976 bits per heavy atom. The molecule has 2 aliphatic rings. The molecule has 0 saturated heterocycles. The number of imide groups is 2. The van der Waals surface area contributed by atoms with Crippen molar-refractivity contribution in [3.63, 3.8) is 0 Å². The number of fused-ring (bicyclic) bond motifs is 2. The molecule has 0 unspecified atom stereocenters. The Morgan fingerprint density at radius 1 is 0.476 bits per heavy atom. The van der Waals surface area contributed by atoms with Crippen LogP contribution >= 0.6 is 0 Å². The first-order valence-electron chi connectivity index (χ1n) is 12.5. The van der Waals surface area contributed by atoms with Gasteiger partial charge >= 0.3 is 103 Å². The van der Waals surface area contributed by atoms with Gasteiger partial charge in [-0.2, -0.15) is 0 Å². The molecule has 196 valence electrons. The van der Waals surface area contributed by atoms with E-state index in [1.54, 1.807) is 48.5 Å². The van der Waals surface area contributed by atoms with E-state index in [-0.39, 0.29) is 138 Å². The van der Waals surface area contributed by atoms with E-state index < -0.39 is 48.4 Å². The summed E-state index contributed by atoms with van der Waals surface area (Å²) in [5.41, 5.74) is 1.10. The van der Waals surface area contributed by atoms with Gasteiger partial charge in [0.1, 0.15) is 0 Å². The zero-order chi connectivity index (χ0) is 28.0. The first-order chi connectivity index (χ1) is 19.2. The van der Waals surface area contributed by atoms with Crippen LogP contribution in [0, 0.1) is 0 Å². The number of carboxylic acids is 2. The van der Waals surface area contributed by atoms with Gasteiger partial charge in [-0.1, -0.05) is 24.3 Å². The molecule has 12 heteroatoms. The molecule has 0 aliphatic carbocycles. The van der Waals surface area contributed by atoms with Crippen LogP contribution < -0.4 is 113 Å². The molecule has 10 nitrogen and oxygen atoms in total. The van der Waals surface area contributed by atoms with Gasteiger partial charge < -0.3 is 19.8 Å². The number of amides is 4. The van der Waals surface area contributed by atoms with Crippen LogP contribution in [-0.2, 0) is 9.59 Å². The summed E-state index contributed by atoms with van der Waals surface area (Å²) >= 11 is 0. The van der Waals surface area contributed by atoms with E-state index >= 15 is 0 Å². The Hall–Kier alpha value is -2.11. The molecule has 0 aromatic heterocycles. The predicted octanol–water partition coefficient (Wildman–Crippen LogP) is -4.78. The fourth-order valence-corrected chi connectivity index (χ4v) is 6.18. The Labute approximate surface area is 322 Å². The maximum absolute atomic E-state index is 13.3. The van der Waals surface area contributed by atoms with Crippen LogP contribution in [0.1, 0.15) is 54.3 Å². The minimum Gasteiger partial charge on any atom is -0.550 e. The number of carbonyl (C=O) groups excluding carboxylic acids is 6. The van der Waals surface area contributed by atoms with E-state index in [2.05, 4.69) is 0 Å². The fourth-order valence-electron chi connectivity index (χ4n) is 6.18. The Morgan fingerprint density at radius 2 is 0.738 bits per heavy atom. The van der Waals surface area contributed by atoms with Crippen LogP contribution in [-0.4, -0.2) is 58.5 Å². The number of rotatable bonds is 6. The Kier molecular flexibility index (Phi) is 8.53. The van der Waals surface area contributed by atoms with Crippen molar-refractivity contribution in [3.05, 3.63) is 70.8 Å². The van der Waals surface area contributed by atoms with Gasteiger partial charge in [-0.25, -0.2) is 0 Å². The van der Waals surface area contributed by atoms with E-state index in [1.807, 2.05) is 0 Å². The maximum atomic E-state index is 13.3. The first-order valence-corrected chi connectivity index (χ1v) is 12.5. The van der Waals surface area contributed by atoms with Gasteiger partial charge in [-0.15, -0.1) is 0 Å². The van der Waals surface area contributed by atoms with E-state index in [1.165, 1.54) is 0 Å². The zero-order valence-electron chi connectivity index (χ0n) is 22.6. The summed E-state index contributed by atoms with van der Waals surface area (Å²) in [6, 6.07) is 13.4. The third-order valence-corrected chi connectivity index (χ3v) is 7.88. The molecule has 0 spiro atoms. The molecule has 2 heterocycles. The average molecular weight is 611 g/mol. The zero-order valence-corrected chi connectivity index (χ0v) is 28.9. The Bertz CT molecular complexity index is 1800. The van der Waals surface area contributed by atoms with Crippen LogP contribution in [0.15, 0.2) is 48.5 Å². The number of carbonyl (C=O) groups is 6. The summed E-state index contributed by atoms with van der Waals surface area (Å²) in [7, 11) is 0. The number of carboxylic acid groups (broad SMARTS) is 2. The van der Waals surface area contributed by atoms with Gasteiger partial charge in [0.2, 0.25) is 0 Å². The molecular formula is C30H16K2N2O8. The van der Waals surface area contributed by atoms with E-state index in [0.29, 0.717) is 21.5 Å². The molecule has 4 amide bonds. The summed E-state index contributed by atoms with van der Waals surface area (Å²) in [5.74, 6) is -5.10. The second-order valence-corrected chi connectivity index (χ2v) is 9.91. The molecule has 0 saturated carbocycles. The van der Waals surface area contributed by atoms with Gasteiger partial charge in [0.05, 0.1) is 0 Å². The molecule has 0 atom stereocenters. The van der Waals surface area contributed by atoms with Crippen molar-refractivity contribution in [1.82, 2.24) is 9.80 Å². The topological polar surface area (TPSA) is 155 Å². The third kappa shape index (κ3) is 4.43. The summed E-state index contributed by atoms with van der Waals surface area (Å²) < 4.78 is 0. The second-order valence-electron chi connectivity index (χ2n) is 9.91. The van der Waals surface area contributed by atoms with Crippen molar-refractivity contribution < 1.29 is 142 Å². The molecule has 0 bridgehead atoms. The van der Waals surface area contributed by atoms with Gasteiger partial charge in [0, 0.05) is 70.9 Å². The molecule has 42 heavy (non-hydrogen) atoms. The number of benzene rings is 5. The van der Waals surface area contributed by atoms with Crippen molar-refractivity contribution in [1.29, 1.82) is 0 Å². The van der Waals surface area contributed by atoms with Crippen LogP contribution in [0.5, 0.6) is 0 Å².